The number of carbonyl (C=O) groups excluding carboxylic acids is 1. The number of hydrogen-bond donors (Lipinski definition) is 1. The molecule has 1 saturated heterocycles. The fraction of sp³-hybridized carbons (Fsp3) is 0.759. The van der Waals surface area contributed by atoms with Crippen molar-refractivity contribution < 1.29 is 46.1 Å². The van der Waals surface area contributed by atoms with Crippen molar-refractivity contribution in [1.82, 2.24) is 0 Å². The predicted octanol–water partition coefficient (Wildman–Crippen LogP) is 8.67. The first-order valence-electron chi connectivity index (χ1n) is 15.3. The first kappa shape index (κ1) is 39.3. The molecule has 0 aromatic heterocycles. The van der Waals surface area contributed by atoms with E-state index < -0.39 is 51.8 Å². The van der Waals surface area contributed by atoms with E-state index in [1.54, 1.807) is 24.3 Å². The SMILES string of the molecule is CCCCOC1[C@H](OCCCC)C(CO[SH](#P)I)O[C@H](OP(=O)(OCCCC)OCCCC)[C@@H]1OC(=O)c1ccccc1. The van der Waals surface area contributed by atoms with Crippen LogP contribution in [0.3, 0.4) is 0 Å². The third-order valence-corrected chi connectivity index (χ3v) is 9.54. The summed E-state index contributed by atoms with van der Waals surface area (Å²) < 4.78 is 62.5. The van der Waals surface area contributed by atoms with Crippen LogP contribution in [0.4, 0.5) is 0 Å². The molecule has 0 amide bonds. The normalized spacial score (nSPS) is 23.2. The van der Waals surface area contributed by atoms with Crippen molar-refractivity contribution in [1.29, 1.82) is 0 Å². The van der Waals surface area contributed by atoms with Crippen molar-refractivity contribution in [2.24, 2.45) is 0 Å². The van der Waals surface area contributed by atoms with Gasteiger partial charge in [-0.1, -0.05) is 19.9 Å². The quantitative estimate of drug-likeness (QED) is 0.0404. The van der Waals surface area contributed by atoms with Gasteiger partial charge in [-0.15, -0.1) is 0 Å². The Morgan fingerprint density at radius 2 is 1.40 bits per heavy atom. The molecule has 1 aromatic carbocycles. The molecule has 1 aromatic rings. The molecular weight excluding hydrogens is 729 g/mol. The summed E-state index contributed by atoms with van der Waals surface area (Å²) in [6.07, 6.45) is 1.72. The van der Waals surface area contributed by atoms with Crippen molar-refractivity contribution in [2.75, 3.05) is 33.0 Å². The van der Waals surface area contributed by atoms with E-state index in [4.69, 9.17) is 36.7 Å². The van der Waals surface area contributed by atoms with Gasteiger partial charge < -0.3 is 0 Å². The summed E-state index contributed by atoms with van der Waals surface area (Å²) in [5, 5.41) is 0. The second-order valence-corrected chi connectivity index (χ2v) is 18.4. The molecule has 10 nitrogen and oxygen atoms in total. The van der Waals surface area contributed by atoms with Gasteiger partial charge in [0.15, 0.2) is 0 Å². The molecule has 0 radical (unpaired) electrons. The number of hydrogen-bond acceptors (Lipinski definition) is 10. The van der Waals surface area contributed by atoms with Gasteiger partial charge in [0.25, 0.3) is 0 Å². The zero-order valence-corrected chi connectivity index (χ0v) is 30.6. The molecule has 0 N–H and O–H groups in total. The summed E-state index contributed by atoms with van der Waals surface area (Å²) in [4.78, 5) is 13.4. The average molecular weight is 779 g/mol. The molecule has 1 aliphatic rings. The second-order valence-electron chi connectivity index (χ2n) is 10.1. The Balaban J connectivity index is 2.52. The monoisotopic (exact) mass is 778 g/mol. The van der Waals surface area contributed by atoms with Crippen LogP contribution in [-0.4, -0.2) is 69.7 Å². The first-order valence-corrected chi connectivity index (χ1v) is 21.9. The molecule has 1 heterocycles. The molecule has 6 atom stereocenters. The van der Waals surface area contributed by atoms with E-state index in [0.717, 1.165) is 38.5 Å². The fourth-order valence-corrected chi connectivity index (χ4v) is 6.39. The second kappa shape index (κ2) is 22.6. The third kappa shape index (κ3) is 14.6. The standard InChI is InChI=1S/C29H49IO10P2S/c1-5-9-18-33-25-24(22-37-43(30)41)38-29(40-42(32,35-20-11-7-3)36-21-12-8-4)27(26(25)34-19-10-6-2)39-28(31)23-16-14-13-15-17-23/h13-17,24-27,29,43H,5-12,18-22H2,1-4H3/t24?,25-,26?,27-,29-/m1/s1. The van der Waals surface area contributed by atoms with E-state index in [0.29, 0.717) is 31.6 Å². The molecular formula is C29H49IO10P2S. The molecule has 1 fully saturated rings. The molecule has 3 unspecified atom stereocenters. The minimum absolute atomic E-state index is 0.111. The minimum atomic E-state index is -4.13. The van der Waals surface area contributed by atoms with Gasteiger partial charge in [-0.2, -0.15) is 0 Å². The van der Waals surface area contributed by atoms with Gasteiger partial charge in [-0.05, 0) is 0 Å². The molecule has 0 bridgehead atoms. The van der Waals surface area contributed by atoms with Gasteiger partial charge in [0.05, 0.1) is 0 Å². The number of esters is 1. The number of carbonyl (C=O) groups is 1. The van der Waals surface area contributed by atoms with Crippen molar-refractivity contribution in [2.45, 2.75) is 110 Å². The van der Waals surface area contributed by atoms with Crippen LogP contribution < -0.4 is 0 Å². The van der Waals surface area contributed by atoms with Crippen LogP contribution in [-0.2, 0) is 41.3 Å². The van der Waals surface area contributed by atoms with E-state index in [1.165, 1.54) is 0 Å². The number of rotatable bonds is 22. The van der Waals surface area contributed by atoms with E-state index in [1.807, 2.05) is 19.9 Å². The van der Waals surface area contributed by atoms with E-state index >= 15 is 0 Å². The Morgan fingerprint density at radius 3 is 1.93 bits per heavy atom. The predicted molar refractivity (Wildman–Crippen MR) is 180 cm³/mol. The Morgan fingerprint density at radius 1 is 0.860 bits per heavy atom. The van der Waals surface area contributed by atoms with Crippen molar-refractivity contribution >= 4 is 50.1 Å². The zero-order valence-electron chi connectivity index (χ0n) is 25.8. The number of benzene rings is 1. The number of phosphoric ester groups is 1. The maximum atomic E-state index is 14.0. The summed E-state index contributed by atoms with van der Waals surface area (Å²) in [5.74, 6) is -0.603. The van der Waals surface area contributed by atoms with Crippen LogP contribution in [0.2, 0.25) is 0 Å². The fourth-order valence-electron chi connectivity index (χ4n) is 4.11. The van der Waals surface area contributed by atoms with Gasteiger partial charge in [0.2, 0.25) is 0 Å². The number of halogens is 1. The average Bonchev–Trinajstić information content (AvgIpc) is 2.99. The van der Waals surface area contributed by atoms with Crippen LogP contribution in [0.1, 0.15) is 89.4 Å². The van der Waals surface area contributed by atoms with E-state index in [-0.39, 0.29) is 19.8 Å². The Bertz CT molecular complexity index is 1010. The van der Waals surface area contributed by atoms with E-state index in [9.17, 15) is 9.36 Å². The third-order valence-electron chi connectivity index (χ3n) is 6.53. The first-order chi connectivity index (χ1) is 20.8. The molecule has 0 aliphatic carbocycles. The Hall–Kier alpha value is 0.150. The van der Waals surface area contributed by atoms with Gasteiger partial charge >= 0.3 is 255 Å². The zero-order chi connectivity index (χ0) is 31.5. The van der Waals surface area contributed by atoms with Gasteiger partial charge in [0, 0.05) is 0 Å². The van der Waals surface area contributed by atoms with E-state index in [2.05, 4.69) is 42.9 Å². The maximum absolute atomic E-state index is 14.0. The molecule has 43 heavy (non-hydrogen) atoms. The molecule has 0 spiro atoms. The van der Waals surface area contributed by atoms with Gasteiger partial charge in [0.1, 0.15) is 0 Å². The number of phosphoric acid groups is 1. The topological polar surface area (TPSA) is 108 Å². The Labute approximate surface area is 273 Å². The van der Waals surface area contributed by atoms with Gasteiger partial charge in [-0.25, -0.2) is 0 Å². The van der Waals surface area contributed by atoms with Crippen molar-refractivity contribution in [3.05, 3.63) is 35.9 Å². The molecule has 2 rings (SSSR count). The van der Waals surface area contributed by atoms with Crippen LogP contribution in [0.15, 0.2) is 30.3 Å². The number of thiol groups is 1. The molecule has 248 valence electrons. The summed E-state index contributed by atoms with van der Waals surface area (Å²) in [6, 6.07) is 8.62. The van der Waals surface area contributed by atoms with Crippen LogP contribution in [0.25, 0.3) is 0 Å². The molecule has 1 aliphatic heterocycles. The molecule has 14 heteroatoms. The van der Waals surface area contributed by atoms with Crippen molar-refractivity contribution in [3.8, 4) is 0 Å². The molecule has 0 saturated carbocycles. The summed E-state index contributed by atoms with van der Waals surface area (Å²) in [5.41, 5.74) is 0.342. The van der Waals surface area contributed by atoms with Crippen LogP contribution in [0, 0.1) is 0 Å². The van der Waals surface area contributed by atoms with Crippen LogP contribution in [0.5, 0.6) is 0 Å². The summed E-state index contributed by atoms with van der Waals surface area (Å²) in [7, 11) is -0.770. The Kier molecular flexibility index (Phi) is 20.7. The summed E-state index contributed by atoms with van der Waals surface area (Å²) in [6.45, 7) is 9.42. The van der Waals surface area contributed by atoms with Gasteiger partial charge in [-0.3, -0.25) is 0 Å². The number of unbranched alkanes of at least 4 members (excludes halogenated alkanes) is 4. The van der Waals surface area contributed by atoms with Crippen molar-refractivity contribution in [3.63, 3.8) is 0 Å². The number of ether oxygens (including phenoxy) is 4. The summed E-state index contributed by atoms with van der Waals surface area (Å²) >= 11 is 2.10. The van der Waals surface area contributed by atoms with Crippen LogP contribution >= 0.6 is 44.2 Å².